The van der Waals surface area contributed by atoms with Crippen molar-refractivity contribution in [2.24, 2.45) is 5.92 Å². The molecule has 0 unspecified atom stereocenters. The molecule has 3 heterocycles. The molecule has 0 radical (unpaired) electrons. The van der Waals surface area contributed by atoms with E-state index in [1.54, 1.807) is 24.5 Å². The van der Waals surface area contributed by atoms with Crippen molar-refractivity contribution in [2.45, 2.75) is 38.3 Å². The Kier molecular flexibility index (Phi) is 5.52. The number of aryl methyl sites for hydroxylation is 1. The zero-order chi connectivity index (χ0) is 19.5. The van der Waals surface area contributed by atoms with Gasteiger partial charge in [-0.25, -0.2) is 14.4 Å². The number of hydrogen-bond donors (Lipinski definition) is 1. The fourth-order valence-corrected chi connectivity index (χ4v) is 4.20. The molecule has 0 saturated carbocycles. The van der Waals surface area contributed by atoms with E-state index in [0.717, 1.165) is 31.4 Å². The van der Waals surface area contributed by atoms with Gasteiger partial charge in [-0.3, -0.25) is 4.79 Å². The molecule has 0 bridgehead atoms. The van der Waals surface area contributed by atoms with Gasteiger partial charge in [-0.2, -0.15) is 0 Å². The van der Waals surface area contributed by atoms with Crippen LogP contribution in [-0.2, 0) is 4.74 Å². The summed E-state index contributed by atoms with van der Waals surface area (Å²) in [5.41, 5.74) is 1.26. The van der Waals surface area contributed by atoms with Gasteiger partial charge in [0.1, 0.15) is 5.82 Å². The number of anilines is 1. The van der Waals surface area contributed by atoms with E-state index < -0.39 is 0 Å². The summed E-state index contributed by atoms with van der Waals surface area (Å²) >= 11 is 0. The number of benzene rings is 1. The molecule has 0 spiro atoms. The Hall–Kier alpha value is -2.54. The lowest BCUT2D eigenvalue weighted by atomic mass is 9.87. The quantitative estimate of drug-likeness (QED) is 0.878. The van der Waals surface area contributed by atoms with Crippen LogP contribution in [-0.4, -0.2) is 52.6 Å². The monoisotopic (exact) mass is 384 g/mol. The molecule has 148 valence electrons. The summed E-state index contributed by atoms with van der Waals surface area (Å²) < 4.78 is 19.6. The van der Waals surface area contributed by atoms with E-state index in [1.807, 2.05) is 11.8 Å². The number of halogens is 1. The summed E-state index contributed by atoms with van der Waals surface area (Å²) in [5.74, 6) is 0.536. The maximum atomic E-state index is 13.6. The van der Waals surface area contributed by atoms with Crippen molar-refractivity contribution in [1.82, 2.24) is 14.9 Å². The molecule has 28 heavy (non-hydrogen) atoms. The Morgan fingerprint density at radius 1 is 1.21 bits per heavy atom. The minimum atomic E-state index is -0.375. The SMILES string of the molecule is Cc1ccc(F)cc1C(=O)N1CCC([C@@H]2OCC[C@H]2Nc2ncccn2)CC1. The van der Waals surface area contributed by atoms with E-state index in [4.69, 9.17) is 4.74 Å². The largest absolute Gasteiger partial charge is 0.376 e. The molecule has 2 atom stereocenters. The van der Waals surface area contributed by atoms with E-state index in [-0.39, 0.29) is 23.9 Å². The van der Waals surface area contributed by atoms with Gasteiger partial charge in [-0.15, -0.1) is 0 Å². The van der Waals surface area contributed by atoms with E-state index >= 15 is 0 Å². The highest BCUT2D eigenvalue weighted by Gasteiger charge is 2.37. The van der Waals surface area contributed by atoms with Gasteiger partial charge in [-0.1, -0.05) is 6.07 Å². The van der Waals surface area contributed by atoms with Crippen LogP contribution in [0.3, 0.4) is 0 Å². The smallest absolute Gasteiger partial charge is 0.254 e. The number of carbonyl (C=O) groups excluding carboxylic acids is 1. The van der Waals surface area contributed by atoms with Gasteiger partial charge in [0.2, 0.25) is 5.95 Å². The van der Waals surface area contributed by atoms with Crippen LogP contribution in [0.15, 0.2) is 36.7 Å². The van der Waals surface area contributed by atoms with Crippen molar-refractivity contribution in [2.75, 3.05) is 25.0 Å². The fraction of sp³-hybridized carbons (Fsp3) is 0.476. The predicted octanol–water partition coefficient (Wildman–Crippen LogP) is 3.05. The average molecular weight is 384 g/mol. The van der Waals surface area contributed by atoms with Gasteiger partial charge >= 0.3 is 0 Å². The minimum absolute atomic E-state index is 0.0878. The summed E-state index contributed by atoms with van der Waals surface area (Å²) in [4.78, 5) is 23.1. The Balaban J connectivity index is 1.37. The van der Waals surface area contributed by atoms with Crippen LogP contribution in [0.2, 0.25) is 0 Å². The van der Waals surface area contributed by atoms with Gasteiger partial charge in [-0.05, 0) is 55.9 Å². The van der Waals surface area contributed by atoms with E-state index in [0.29, 0.717) is 30.5 Å². The van der Waals surface area contributed by atoms with Gasteiger partial charge in [0.15, 0.2) is 0 Å². The maximum Gasteiger partial charge on any atom is 0.254 e. The van der Waals surface area contributed by atoms with Crippen LogP contribution in [0.25, 0.3) is 0 Å². The second kappa shape index (κ2) is 8.22. The molecule has 2 saturated heterocycles. The zero-order valence-corrected chi connectivity index (χ0v) is 16.0. The summed E-state index contributed by atoms with van der Waals surface area (Å²) in [7, 11) is 0. The van der Waals surface area contributed by atoms with Crippen molar-refractivity contribution < 1.29 is 13.9 Å². The molecule has 7 heteroatoms. The normalized spacial score (nSPS) is 23.0. The number of rotatable bonds is 4. The third kappa shape index (κ3) is 3.99. The maximum absolute atomic E-state index is 13.6. The highest BCUT2D eigenvalue weighted by atomic mass is 19.1. The molecule has 4 rings (SSSR count). The van der Waals surface area contributed by atoms with E-state index in [2.05, 4.69) is 15.3 Å². The molecule has 2 aromatic rings. The van der Waals surface area contributed by atoms with Crippen LogP contribution < -0.4 is 5.32 Å². The summed E-state index contributed by atoms with van der Waals surface area (Å²) in [6.07, 6.45) is 6.20. The first-order valence-corrected chi connectivity index (χ1v) is 9.82. The lowest BCUT2D eigenvalue weighted by molar-refractivity contribution is 0.0260. The Morgan fingerprint density at radius 3 is 2.71 bits per heavy atom. The first-order valence-electron chi connectivity index (χ1n) is 9.82. The Morgan fingerprint density at radius 2 is 1.96 bits per heavy atom. The highest BCUT2D eigenvalue weighted by molar-refractivity contribution is 5.95. The lowest BCUT2D eigenvalue weighted by Crippen LogP contribution is -2.45. The number of nitrogens with one attached hydrogen (secondary N) is 1. The number of piperidine rings is 1. The van der Waals surface area contributed by atoms with Gasteiger partial charge in [0.25, 0.3) is 5.91 Å². The number of aromatic nitrogens is 2. The van der Waals surface area contributed by atoms with Crippen LogP contribution in [0.5, 0.6) is 0 Å². The molecular formula is C21H25FN4O2. The first kappa shape index (κ1) is 18.8. The summed E-state index contributed by atoms with van der Waals surface area (Å²) in [6, 6.07) is 6.35. The third-order valence-corrected chi connectivity index (χ3v) is 5.74. The Bertz CT molecular complexity index is 824. The summed E-state index contributed by atoms with van der Waals surface area (Å²) in [5, 5.41) is 3.39. The molecule has 2 fully saturated rings. The molecule has 6 nitrogen and oxygen atoms in total. The first-order chi connectivity index (χ1) is 13.6. The average Bonchev–Trinajstić information content (AvgIpc) is 3.18. The van der Waals surface area contributed by atoms with E-state index in [1.165, 1.54) is 12.1 Å². The lowest BCUT2D eigenvalue weighted by Gasteiger charge is -2.36. The van der Waals surface area contributed by atoms with Gasteiger partial charge < -0.3 is 15.0 Å². The van der Waals surface area contributed by atoms with Crippen molar-refractivity contribution in [3.8, 4) is 0 Å². The molecule has 1 amide bonds. The van der Waals surface area contributed by atoms with Gasteiger partial charge in [0.05, 0.1) is 12.1 Å². The molecule has 1 N–H and O–H groups in total. The molecule has 2 aliphatic heterocycles. The highest BCUT2D eigenvalue weighted by Crippen LogP contribution is 2.31. The van der Waals surface area contributed by atoms with Crippen molar-refractivity contribution in [1.29, 1.82) is 0 Å². The number of carbonyl (C=O) groups is 1. The minimum Gasteiger partial charge on any atom is -0.376 e. The van der Waals surface area contributed by atoms with Crippen LogP contribution in [0.1, 0.15) is 35.2 Å². The van der Waals surface area contributed by atoms with Crippen molar-refractivity contribution in [3.05, 3.63) is 53.6 Å². The Labute approximate surface area is 164 Å². The number of amides is 1. The molecule has 2 aliphatic rings. The van der Waals surface area contributed by atoms with Crippen LogP contribution in [0, 0.1) is 18.7 Å². The summed E-state index contributed by atoms with van der Waals surface area (Å²) in [6.45, 7) is 3.88. The molecule has 1 aromatic carbocycles. The molecule has 1 aromatic heterocycles. The van der Waals surface area contributed by atoms with Crippen molar-refractivity contribution in [3.63, 3.8) is 0 Å². The van der Waals surface area contributed by atoms with Crippen molar-refractivity contribution >= 4 is 11.9 Å². The zero-order valence-electron chi connectivity index (χ0n) is 16.0. The number of likely N-dealkylation sites (tertiary alicyclic amines) is 1. The number of nitrogens with zero attached hydrogens (tertiary/aromatic N) is 3. The number of hydrogen-bond acceptors (Lipinski definition) is 5. The third-order valence-electron chi connectivity index (χ3n) is 5.74. The number of ether oxygens (including phenoxy) is 1. The topological polar surface area (TPSA) is 67.3 Å². The second-order valence-corrected chi connectivity index (χ2v) is 7.54. The van der Waals surface area contributed by atoms with Crippen LogP contribution >= 0.6 is 0 Å². The van der Waals surface area contributed by atoms with Crippen LogP contribution in [0.4, 0.5) is 10.3 Å². The fourth-order valence-electron chi connectivity index (χ4n) is 4.20. The predicted molar refractivity (Wildman–Crippen MR) is 104 cm³/mol. The van der Waals surface area contributed by atoms with E-state index in [9.17, 15) is 9.18 Å². The molecule has 0 aliphatic carbocycles. The molecular weight excluding hydrogens is 359 g/mol. The van der Waals surface area contributed by atoms with Gasteiger partial charge in [0, 0.05) is 37.7 Å². The standard InChI is InChI=1S/C21H25FN4O2/c1-14-3-4-16(22)13-17(14)20(27)26-10-5-15(6-11-26)19-18(7-12-28-19)25-21-23-8-2-9-24-21/h2-4,8-9,13,15,18-19H,5-7,10-12H2,1H3,(H,23,24,25)/t18-,19+/m1/s1. The second-order valence-electron chi connectivity index (χ2n) is 7.54.